The molecule has 1 aliphatic carbocycles. The number of anilines is 1. The van der Waals surface area contributed by atoms with Gasteiger partial charge >= 0.3 is 0 Å². The monoisotopic (exact) mass is 423 g/mol. The largest absolute Gasteiger partial charge is 0.368 e. The number of hydrogen-bond acceptors (Lipinski definition) is 3. The third-order valence-electron chi connectivity index (χ3n) is 5.51. The van der Waals surface area contributed by atoms with Gasteiger partial charge in [-0.2, -0.15) is 5.26 Å². The van der Waals surface area contributed by atoms with Crippen LogP contribution in [0, 0.1) is 18.3 Å². The van der Waals surface area contributed by atoms with E-state index >= 15 is 0 Å². The Morgan fingerprint density at radius 3 is 2.48 bits per heavy atom. The van der Waals surface area contributed by atoms with Gasteiger partial charge in [-0.1, -0.05) is 28.1 Å². The topological polar surface area (TPSA) is 47.3 Å². The molecule has 0 aromatic heterocycles. The van der Waals surface area contributed by atoms with Gasteiger partial charge in [-0.15, -0.1) is 0 Å². The molecule has 5 heteroatoms. The minimum atomic E-state index is -0.0560. The first-order valence-corrected chi connectivity index (χ1v) is 10.2. The Bertz CT molecular complexity index is 922. The summed E-state index contributed by atoms with van der Waals surface area (Å²) in [4.78, 5) is 17.1. The van der Waals surface area contributed by atoms with Crippen LogP contribution < -0.4 is 4.90 Å². The van der Waals surface area contributed by atoms with Gasteiger partial charge in [0.1, 0.15) is 0 Å². The van der Waals surface area contributed by atoms with Crippen LogP contribution in [0.4, 0.5) is 5.69 Å². The van der Waals surface area contributed by atoms with Crippen molar-refractivity contribution in [2.24, 2.45) is 0 Å². The summed E-state index contributed by atoms with van der Waals surface area (Å²) in [6, 6.07) is 14.2. The Hall–Kier alpha value is -2.32. The lowest BCUT2D eigenvalue weighted by atomic mass is 10.0. The number of halogens is 1. The number of hydrogen-bond donors (Lipinski definition) is 0. The molecule has 27 heavy (non-hydrogen) atoms. The number of piperazine rings is 1. The number of aryl methyl sites for hydroxylation is 1. The van der Waals surface area contributed by atoms with E-state index in [1.807, 2.05) is 11.0 Å². The van der Waals surface area contributed by atoms with Crippen molar-refractivity contribution in [2.75, 3.05) is 31.1 Å². The molecule has 138 valence electrons. The van der Waals surface area contributed by atoms with E-state index in [0.717, 1.165) is 23.5 Å². The number of benzene rings is 2. The highest BCUT2D eigenvalue weighted by molar-refractivity contribution is 9.10. The van der Waals surface area contributed by atoms with Crippen molar-refractivity contribution in [3.8, 4) is 6.07 Å². The fourth-order valence-electron chi connectivity index (χ4n) is 3.82. The average Bonchev–Trinajstić information content (AvgIpc) is 3.53. The second kappa shape index (κ2) is 7.36. The molecular formula is C22H22BrN3O. The molecule has 0 atom stereocenters. The van der Waals surface area contributed by atoms with E-state index in [1.165, 1.54) is 29.7 Å². The van der Waals surface area contributed by atoms with Crippen LogP contribution in [-0.2, 0) is 0 Å². The van der Waals surface area contributed by atoms with E-state index in [1.54, 1.807) is 12.1 Å². The lowest BCUT2D eigenvalue weighted by Gasteiger charge is -2.37. The minimum absolute atomic E-state index is 0.0560. The summed E-state index contributed by atoms with van der Waals surface area (Å²) in [6.45, 7) is 5.15. The third-order valence-corrected chi connectivity index (χ3v) is 6.00. The fourth-order valence-corrected chi connectivity index (χ4v) is 4.18. The van der Waals surface area contributed by atoms with E-state index in [9.17, 15) is 10.1 Å². The predicted molar refractivity (Wildman–Crippen MR) is 110 cm³/mol. The van der Waals surface area contributed by atoms with Crippen LogP contribution in [0.25, 0.3) is 0 Å². The molecule has 0 spiro atoms. The van der Waals surface area contributed by atoms with Crippen LogP contribution in [0.15, 0.2) is 40.9 Å². The molecule has 2 aliphatic rings. The summed E-state index contributed by atoms with van der Waals surface area (Å²) < 4.78 is 0.811. The average molecular weight is 424 g/mol. The number of nitriles is 1. The quantitative estimate of drug-likeness (QED) is 0.731. The van der Waals surface area contributed by atoms with Gasteiger partial charge in [0.05, 0.1) is 17.2 Å². The Kier molecular flexibility index (Phi) is 4.92. The van der Waals surface area contributed by atoms with E-state index in [2.05, 4.69) is 52.0 Å². The van der Waals surface area contributed by atoms with E-state index in [4.69, 9.17) is 0 Å². The van der Waals surface area contributed by atoms with Gasteiger partial charge in [0.15, 0.2) is 0 Å². The Morgan fingerprint density at radius 2 is 1.85 bits per heavy atom. The van der Waals surface area contributed by atoms with E-state index < -0.39 is 0 Å². The summed E-state index contributed by atoms with van der Waals surface area (Å²) in [5.74, 6) is 0.715. The lowest BCUT2D eigenvalue weighted by molar-refractivity contribution is 0.0746. The molecule has 0 radical (unpaired) electrons. The molecule has 1 saturated carbocycles. The van der Waals surface area contributed by atoms with Crippen LogP contribution in [0.2, 0.25) is 0 Å². The molecule has 1 saturated heterocycles. The molecule has 1 heterocycles. The first kappa shape index (κ1) is 18.1. The third kappa shape index (κ3) is 3.72. The number of rotatable bonds is 3. The molecule has 0 bridgehead atoms. The van der Waals surface area contributed by atoms with Gasteiger partial charge in [0.2, 0.25) is 0 Å². The molecule has 1 aliphatic heterocycles. The standard InChI is InChI=1S/C22H22BrN3O/c1-15-12-17(16-2-3-16)4-7-21(15)25-8-10-26(11-9-25)22(27)20-6-5-19(23)13-18(20)14-24/h4-7,12-13,16H,2-3,8-11H2,1H3. The maximum absolute atomic E-state index is 12.9. The number of carbonyl (C=O) groups is 1. The van der Waals surface area contributed by atoms with Crippen molar-refractivity contribution in [2.45, 2.75) is 25.7 Å². The maximum Gasteiger partial charge on any atom is 0.255 e. The Morgan fingerprint density at radius 1 is 1.11 bits per heavy atom. The second-order valence-electron chi connectivity index (χ2n) is 7.40. The van der Waals surface area contributed by atoms with Gasteiger partial charge in [-0.25, -0.2) is 0 Å². The molecule has 0 N–H and O–H groups in total. The Balaban J connectivity index is 1.45. The zero-order valence-electron chi connectivity index (χ0n) is 15.4. The molecule has 0 unspecified atom stereocenters. The van der Waals surface area contributed by atoms with Gasteiger partial charge < -0.3 is 9.80 Å². The zero-order valence-corrected chi connectivity index (χ0v) is 17.0. The molecule has 4 rings (SSSR count). The maximum atomic E-state index is 12.9. The Labute approximate surface area is 168 Å². The van der Waals surface area contributed by atoms with E-state index in [0.29, 0.717) is 24.2 Å². The van der Waals surface area contributed by atoms with Crippen molar-refractivity contribution >= 4 is 27.5 Å². The molecule has 2 aromatic carbocycles. The van der Waals surface area contributed by atoms with Gasteiger partial charge in [-0.3, -0.25) is 4.79 Å². The van der Waals surface area contributed by atoms with Crippen LogP contribution >= 0.6 is 15.9 Å². The van der Waals surface area contributed by atoms with Crippen LogP contribution in [-0.4, -0.2) is 37.0 Å². The van der Waals surface area contributed by atoms with Gasteiger partial charge in [-0.05, 0) is 61.1 Å². The highest BCUT2D eigenvalue weighted by Crippen LogP contribution is 2.41. The van der Waals surface area contributed by atoms with Crippen LogP contribution in [0.5, 0.6) is 0 Å². The van der Waals surface area contributed by atoms with Crippen molar-refractivity contribution in [1.82, 2.24) is 4.90 Å². The summed E-state index contributed by atoms with van der Waals surface area (Å²) in [5, 5.41) is 9.33. The summed E-state index contributed by atoms with van der Waals surface area (Å²) in [6.07, 6.45) is 2.64. The molecule has 2 aromatic rings. The lowest BCUT2D eigenvalue weighted by Crippen LogP contribution is -2.49. The zero-order chi connectivity index (χ0) is 19.0. The summed E-state index contributed by atoms with van der Waals surface area (Å²) in [5.41, 5.74) is 4.96. The summed E-state index contributed by atoms with van der Waals surface area (Å²) in [7, 11) is 0. The SMILES string of the molecule is Cc1cc(C2CC2)ccc1N1CCN(C(=O)c2ccc(Br)cc2C#N)CC1. The normalized spacial score (nSPS) is 16.9. The minimum Gasteiger partial charge on any atom is -0.368 e. The predicted octanol–water partition coefficient (Wildman–Crippen LogP) is 4.47. The van der Waals surface area contributed by atoms with E-state index in [-0.39, 0.29) is 5.91 Å². The number of nitrogens with zero attached hydrogens (tertiary/aromatic N) is 3. The molecule has 2 fully saturated rings. The summed E-state index contributed by atoms with van der Waals surface area (Å²) >= 11 is 3.36. The van der Waals surface area contributed by atoms with Crippen molar-refractivity contribution in [3.05, 3.63) is 63.1 Å². The number of amides is 1. The van der Waals surface area contributed by atoms with Crippen molar-refractivity contribution in [3.63, 3.8) is 0 Å². The fraction of sp³-hybridized carbons (Fsp3) is 0.364. The molecule has 1 amide bonds. The van der Waals surface area contributed by atoms with Crippen molar-refractivity contribution in [1.29, 1.82) is 5.26 Å². The number of carbonyl (C=O) groups excluding carboxylic acids is 1. The van der Waals surface area contributed by atoms with Crippen molar-refractivity contribution < 1.29 is 4.79 Å². The van der Waals surface area contributed by atoms with Crippen LogP contribution in [0.3, 0.4) is 0 Å². The highest BCUT2D eigenvalue weighted by Gasteiger charge is 2.26. The first-order valence-electron chi connectivity index (χ1n) is 9.41. The van der Waals surface area contributed by atoms with Gasteiger partial charge in [0, 0.05) is 36.3 Å². The van der Waals surface area contributed by atoms with Gasteiger partial charge in [0.25, 0.3) is 5.91 Å². The first-order chi connectivity index (χ1) is 13.1. The van der Waals surface area contributed by atoms with Crippen LogP contribution in [0.1, 0.15) is 45.8 Å². The molecular weight excluding hydrogens is 402 g/mol. The highest BCUT2D eigenvalue weighted by atomic mass is 79.9. The second-order valence-corrected chi connectivity index (χ2v) is 8.32. The smallest absolute Gasteiger partial charge is 0.255 e. The molecule has 4 nitrogen and oxygen atoms in total.